The molecule has 0 spiro atoms. The first-order chi connectivity index (χ1) is 6.25. The van der Waals surface area contributed by atoms with E-state index in [1.54, 1.807) is 13.3 Å². The third-order valence-corrected chi connectivity index (χ3v) is 1.43. The van der Waals surface area contributed by atoms with Crippen molar-refractivity contribution in [1.82, 2.24) is 4.98 Å². The van der Waals surface area contributed by atoms with Crippen LogP contribution in [0.25, 0.3) is 0 Å². The molecule has 0 aliphatic rings. The lowest BCUT2D eigenvalue weighted by atomic mass is 10.4. The number of hydrogen-bond acceptors (Lipinski definition) is 3. The van der Waals surface area contributed by atoms with Gasteiger partial charge in [0.2, 0.25) is 5.88 Å². The van der Waals surface area contributed by atoms with Crippen LogP contribution < -0.4 is 9.64 Å². The van der Waals surface area contributed by atoms with Crippen molar-refractivity contribution in [1.29, 1.82) is 0 Å². The van der Waals surface area contributed by atoms with E-state index in [0.29, 0.717) is 5.88 Å². The van der Waals surface area contributed by atoms with Crippen molar-refractivity contribution in [2.75, 3.05) is 26.1 Å². The Labute approximate surface area is 80.4 Å². The van der Waals surface area contributed by atoms with E-state index in [4.69, 9.17) is 4.74 Å². The summed E-state index contributed by atoms with van der Waals surface area (Å²) in [6.07, 6.45) is 1.71. The van der Waals surface area contributed by atoms with Crippen LogP contribution in [0.5, 0.6) is 5.88 Å². The predicted octanol–water partition coefficient (Wildman–Crippen LogP) is 2.18. The van der Waals surface area contributed by atoms with Gasteiger partial charge in [-0.05, 0) is 12.1 Å². The molecule has 1 heterocycles. The molecule has 0 aliphatic carbocycles. The predicted molar refractivity (Wildman–Crippen MR) is 56.5 cm³/mol. The average Bonchev–Trinajstić information content (AvgIpc) is 2.20. The number of aromatic nitrogens is 1. The molecule has 0 atom stereocenters. The summed E-state index contributed by atoms with van der Waals surface area (Å²) in [5, 5.41) is 0. The largest absolute Gasteiger partial charge is 0.480 e. The molecule has 0 radical (unpaired) electrons. The maximum absolute atomic E-state index is 5.05. The van der Waals surface area contributed by atoms with Crippen molar-refractivity contribution < 1.29 is 4.74 Å². The zero-order chi connectivity index (χ0) is 10.3. The van der Waals surface area contributed by atoms with Crippen LogP contribution in [0.1, 0.15) is 13.8 Å². The van der Waals surface area contributed by atoms with Crippen LogP contribution in [-0.2, 0) is 0 Å². The van der Waals surface area contributed by atoms with Crippen LogP contribution in [-0.4, -0.2) is 26.2 Å². The van der Waals surface area contributed by atoms with Crippen LogP contribution >= 0.6 is 0 Å². The van der Waals surface area contributed by atoms with Gasteiger partial charge in [-0.15, -0.1) is 0 Å². The van der Waals surface area contributed by atoms with Gasteiger partial charge in [0.15, 0.2) is 0 Å². The smallest absolute Gasteiger partial charge is 0.237 e. The van der Waals surface area contributed by atoms with Crippen LogP contribution in [0.4, 0.5) is 5.69 Å². The lowest BCUT2D eigenvalue weighted by Gasteiger charge is -2.14. The molecule has 13 heavy (non-hydrogen) atoms. The number of hydrogen-bond donors (Lipinski definition) is 0. The van der Waals surface area contributed by atoms with E-state index in [-0.39, 0.29) is 0 Å². The maximum atomic E-state index is 5.05. The molecular formula is C10H18N2O. The molecule has 3 heteroatoms. The van der Waals surface area contributed by atoms with Crippen molar-refractivity contribution in [3.05, 3.63) is 18.3 Å². The number of pyridine rings is 1. The van der Waals surface area contributed by atoms with Crippen LogP contribution in [0.2, 0.25) is 0 Å². The normalized spacial score (nSPS) is 8.38. The molecule has 0 fully saturated rings. The molecular weight excluding hydrogens is 164 g/mol. The third-order valence-electron chi connectivity index (χ3n) is 1.43. The standard InChI is InChI=1S/C8H12N2O.C2H6/c1-10(2)7-5-4-6-9-8(7)11-3;1-2/h4-6H,1-3H3;1-2H3. The van der Waals surface area contributed by atoms with Gasteiger partial charge in [0.05, 0.1) is 12.8 Å². The zero-order valence-electron chi connectivity index (χ0n) is 9.03. The molecule has 0 bridgehead atoms. The number of ether oxygens (including phenoxy) is 1. The van der Waals surface area contributed by atoms with Crippen molar-refractivity contribution in [3.63, 3.8) is 0 Å². The van der Waals surface area contributed by atoms with E-state index in [0.717, 1.165) is 5.69 Å². The lowest BCUT2D eigenvalue weighted by molar-refractivity contribution is 0.398. The van der Waals surface area contributed by atoms with Gasteiger partial charge in [-0.2, -0.15) is 0 Å². The Morgan fingerprint density at radius 3 is 2.31 bits per heavy atom. The van der Waals surface area contributed by atoms with Gasteiger partial charge in [0.25, 0.3) is 0 Å². The summed E-state index contributed by atoms with van der Waals surface area (Å²) in [7, 11) is 5.54. The van der Waals surface area contributed by atoms with Crippen LogP contribution in [0.15, 0.2) is 18.3 Å². The summed E-state index contributed by atoms with van der Waals surface area (Å²) in [6, 6.07) is 3.85. The molecule has 0 amide bonds. The van der Waals surface area contributed by atoms with Gasteiger partial charge < -0.3 is 9.64 Å². The Hall–Kier alpha value is -1.25. The zero-order valence-corrected chi connectivity index (χ0v) is 9.03. The average molecular weight is 182 g/mol. The first kappa shape index (κ1) is 11.8. The minimum Gasteiger partial charge on any atom is -0.480 e. The maximum Gasteiger partial charge on any atom is 0.237 e. The second-order valence-corrected chi connectivity index (χ2v) is 2.43. The summed E-state index contributed by atoms with van der Waals surface area (Å²) in [5.74, 6) is 0.664. The Balaban J connectivity index is 0.000000671. The van der Waals surface area contributed by atoms with Gasteiger partial charge >= 0.3 is 0 Å². The molecule has 74 valence electrons. The van der Waals surface area contributed by atoms with Crippen molar-refractivity contribution >= 4 is 5.69 Å². The van der Waals surface area contributed by atoms with Crippen molar-refractivity contribution in [3.8, 4) is 5.88 Å². The summed E-state index contributed by atoms with van der Waals surface area (Å²) in [4.78, 5) is 6.02. The summed E-state index contributed by atoms with van der Waals surface area (Å²) < 4.78 is 5.05. The highest BCUT2D eigenvalue weighted by atomic mass is 16.5. The number of anilines is 1. The van der Waals surface area contributed by atoms with Gasteiger partial charge in [-0.25, -0.2) is 4.98 Å². The number of methoxy groups -OCH3 is 1. The second-order valence-electron chi connectivity index (χ2n) is 2.43. The summed E-state index contributed by atoms with van der Waals surface area (Å²) in [5.41, 5.74) is 0.995. The topological polar surface area (TPSA) is 25.4 Å². The Kier molecular flexibility index (Phi) is 5.68. The Morgan fingerprint density at radius 1 is 1.31 bits per heavy atom. The Morgan fingerprint density at radius 2 is 1.92 bits per heavy atom. The minimum atomic E-state index is 0.664. The van der Waals surface area contributed by atoms with E-state index in [1.165, 1.54) is 0 Å². The van der Waals surface area contributed by atoms with E-state index >= 15 is 0 Å². The molecule has 0 N–H and O–H groups in total. The van der Waals surface area contributed by atoms with Gasteiger partial charge in [-0.3, -0.25) is 0 Å². The van der Waals surface area contributed by atoms with E-state index in [2.05, 4.69) is 4.98 Å². The highest BCUT2D eigenvalue weighted by Gasteiger charge is 2.02. The highest BCUT2D eigenvalue weighted by molar-refractivity contribution is 5.53. The monoisotopic (exact) mass is 182 g/mol. The molecule has 1 rings (SSSR count). The van der Waals surface area contributed by atoms with Crippen LogP contribution in [0.3, 0.4) is 0 Å². The van der Waals surface area contributed by atoms with Gasteiger partial charge in [-0.1, -0.05) is 13.8 Å². The Bertz CT molecular complexity index is 236. The van der Waals surface area contributed by atoms with E-state index < -0.39 is 0 Å². The summed E-state index contributed by atoms with van der Waals surface area (Å²) >= 11 is 0. The fourth-order valence-electron chi connectivity index (χ4n) is 0.880. The van der Waals surface area contributed by atoms with E-state index in [9.17, 15) is 0 Å². The van der Waals surface area contributed by atoms with Crippen molar-refractivity contribution in [2.45, 2.75) is 13.8 Å². The second kappa shape index (κ2) is 6.29. The molecule has 0 saturated carbocycles. The number of nitrogens with zero attached hydrogens (tertiary/aromatic N) is 2. The highest BCUT2D eigenvalue weighted by Crippen LogP contribution is 2.21. The molecule has 0 aromatic carbocycles. The quantitative estimate of drug-likeness (QED) is 0.701. The molecule has 1 aromatic heterocycles. The molecule has 0 aliphatic heterocycles. The first-order valence-electron chi connectivity index (χ1n) is 4.42. The lowest BCUT2D eigenvalue weighted by Crippen LogP contribution is -2.10. The fourth-order valence-corrected chi connectivity index (χ4v) is 0.880. The van der Waals surface area contributed by atoms with Crippen molar-refractivity contribution in [2.24, 2.45) is 0 Å². The summed E-state index contributed by atoms with van der Waals surface area (Å²) in [6.45, 7) is 4.00. The molecule has 0 saturated heterocycles. The van der Waals surface area contributed by atoms with E-state index in [1.807, 2.05) is 45.0 Å². The van der Waals surface area contributed by atoms with Gasteiger partial charge in [0, 0.05) is 20.3 Å². The first-order valence-corrected chi connectivity index (χ1v) is 4.42. The SMILES string of the molecule is CC.COc1ncccc1N(C)C. The fraction of sp³-hybridized carbons (Fsp3) is 0.500. The minimum absolute atomic E-state index is 0.664. The molecule has 0 unspecified atom stereocenters. The van der Waals surface area contributed by atoms with Gasteiger partial charge in [0.1, 0.15) is 0 Å². The molecule has 1 aromatic rings. The molecule has 3 nitrogen and oxygen atoms in total. The number of rotatable bonds is 2. The third kappa shape index (κ3) is 3.32. The van der Waals surface area contributed by atoms with Crippen LogP contribution in [0, 0.1) is 0 Å².